The molecule has 3 nitrogen and oxygen atoms in total. The molecule has 2 atom stereocenters. The molecule has 1 aliphatic rings. The summed E-state index contributed by atoms with van der Waals surface area (Å²) in [5.41, 5.74) is 0. The molecule has 0 aromatic heterocycles. The maximum atomic E-state index is 11.3. The third kappa shape index (κ3) is 4.77. The molecule has 0 saturated carbocycles. The molecule has 0 unspecified atom stereocenters. The summed E-state index contributed by atoms with van der Waals surface area (Å²) in [6.07, 6.45) is 2.24. The highest BCUT2D eigenvalue weighted by Gasteiger charge is 2.36. The van der Waals surface area contributed by atoms with Gasteiger partial charge in [0.25, 0.3) is 0 Å². The first-order chi connectivity index (χ1) is 7.44. The van der Waals surface area contributed by atoms with Gasteiger partial charge in [0.2, 0.25) is 0 Å². The molecule has 16 heavy (non-hydrogen) atoms. The zero-order valence-electron chi connectivity index (χ0n) is 9.11. The van der Waals surface area contributed by atoms with Crippen LogP contribution in [0.25, 0.3) is 0 Å². The fourth-order valence-corrected chi connectivity index (χ4v) is 5.24. The molecular formula is C9H16ClNO2S3. The van der Waals surface area contributed by atoms with Crippen LogP contribution in [0.4, 0.5) is 0 Å². The lowest BCUT2D eigenvalue weighted by atomic mass is 10.3. The van der Waals surface area contributed by atoms with Gasteiger partial charge in [-0.05, 0) is 6.42 Å². The van der Waals surface area contributed by atoms with Crippen molar-refractivity contribution in [2.75, 3.05) is 17.3 Å². The van der Waals surface area contributed by atoms with Gasteiger partial charge in [-0.2, -0.15) is 0 Å². The number of thioether (sulfide) groups is 1. The number of halogens is 1. The monoisotopic (exact) mass is 301 g/mol. The predicted octanol–water partition coefficient (Wildman–Crippen LogP) is 1.80. The smallest absolute Gasteiger partial charge is 0.153 e. The van der Waals surface area contributed by atoms with E-state index in [1.54, 1.807) is 11.8 Å². The Morgan fingerprint density at radius 1 is 1.56 bits per heavy atom. The van der Waals surface area contributed by atoms with Crippen LogP contribution >= 0.6 is 35.6 Å². The number of hydrogen-bond donors (Lipinski definition) is 1. The van der Waals surface area contributed by atoms with Crippen molar-refractivity contribution < 1.29 is 8.42 Å². The number of alkyl halides is 1. The van der Waals surface area contributed by atoms with Gasteiger partial charge in [0.05, 0.1) is 22.9 Å². The Bertz CT molecular complexity index is 345. The number of unbranched alkanes of at least 4 members (excludes halogenated alkanes) is 1. The zero-order chi connectivity index (χ0) is 12.2. The first-order valence-electron chi connectivity index (χ1n) is 5.22. The van der Waals surface area contributed by atoms with Crippen molar-refractivity contribution in [2.45, 2.75) is 31.2 Å². The summed E-state index contributed by atoms with van der Waals surface area (Å²) in [5, 5.41) is 2.66. The molecule has 1 N–H and O–H groups in total. The van der Waals surface area contributed by atoms with Crippen LogP contribution in [-0.2, 0) is 9.84 Å². The normalized spacial score (nSPS) is 27.9. The molecular weight excluding hydrogens is 286 g/mol. The predicted molar refractivity (Wildman–Crippen MR) is 75.2 cm³/mol. The minimum Gasteiger partial charge on any atom is -0.366 e. The summed E-state index contributed by atoms with van der Waals surface area (Å²) < 4.78 is 23.3. The van der Waals surface area contributed by atoms with Crippen LogP contribution in [-0.4, -0.2) is 41.4 Å². The van der Waals surface area contributed by atoms with Gasteiger partial charge in [-0.15, -0.1) is 11.6 Å². The van der Waals surface area contributed by atoms with Gasteiger partial charge >= 0.3 is 0 Å². The Balaban J connectivity index is 2.35. The second-order valence-electron chi connectivity index (χ2n) is 3.83. The maximum absolute atomic E-state index is 11.3. The van der Waals surface area contributed by atoms with Crippen molar-refractivity contribution >= 4 is 49.7 Å². The van der Waals surface area contributed by atoms with E-state index in [2.05, 4.69) is 12.2 Å². The van der Waals surface area contributed by atoms with Gasteiger partial charge < -0.3 is 5.32 Å². The molecule has 94 valence electrons. The average Bonchev–Trinajstić information content (AvgIpc) is 2.40. The van der Waals surface area contributed by atoms with Crippen molar-refractivity contribution in [3.63, 3.8) is 0 Å². The highest BCUT2D eigenvalue weighted by Crippen LogP contribution is 2.19. The van der Waals surface area contributed by atoms with Crippen LogP contribution in [0.3, 0.4) is 0 Å². The van der Waals surface area contributed by atoms with Crippen molar-refractivity contribution in [1.82, 2.24) is 5.32 Å². The molecule has 7 heteroatoms. The van der Waals surface area contributed by atoms with E-state index in [9.17, 15) is 8.42 Å². The van der Waals surface area contributed by atoms with E-state index in [-0.39, 0.29) is 22.9 Å². The van der Waals surface area contributed by atoms with Gasteiger partial charge in [-0.25, -0.2) is 8.42 Å². The molecule has 0 amide bonds. The van der Waals surface area contributed by atoms with E-state index >= 15 is 0 Å². The van der Waals surface area contributed by atoms with Gasteiger partial charge in [0.1, 0.15) is 4.32 Å². The van der Waals surface area contributed by atoms with Gasteiger partial charge in [0.15, 0.2) is 9.84 Å². The number of rotatable bonds is 4. The van der Waals surface area contributed by atoms with Gasteiger partial charge in [0, 0.05) is 5.75 Å². The van der Waals surface area contributed by atoms with Crippen molar-refractivity contribution in [3.05, 3.63) is 0 Å². The highest BCUT2D eigenvalue weighted by atomic mass is 35.5. The quantitative estimate of drug-likeness (QED) is 0.487. The van der Waals surface area contributed by atoms with Crippen LogP contribution in [0, 0.1) is 0 Å². The molecule has 0 aromatic rings. The SMILES string of the molecule is CCCCSC(=S)N[C@@H]1CS(=O)(=O)C[C@H]1Cl. The topological polar surface area (TPSA) is 46.2 Å². The number of nitrogens with one attached hydrogen (secondary N) is 1. The molecule has 0 aromatic carbocycles. The molecule has 0 spiro atoms. The Hall–Kier alpha value is 0.480. The molecule has 1 aliphatic heterocycles. The molecule has 1 heterocycles. The van der Waals surface area contributed by atoms with Crippen molar-refractivity contribution in [3.8, 4) is 0 Å². The molecule has 0 aliphatic carbocycles. The Morgan fingerprint density at radius 2 is 2.25 bits per heavy atom. The van der Waals surface area contributed by atoms with Crippen LogP contribution < -0.4 is 5.32 Å². The second-order valence-corrected chi connectivity index (χ2v) is 8.32. The second kappa shape index (κ2) is 6.42. The molecule has 0 radical (unpaired) electrons. The van der Waals surface area contributed by atoms with E-state index in [1.807, 2.05) is 0 Å². The summed E-state index contributed by atoms with van der Waals surface area (Å²) in [7, 11) is -2.98. The Kier molecular flexibility index (Phi) is 5.84. The fraction of sp³-hybridized carbons (Fsp3) is 0.889. The summed E-state index contributed by atoms with van der Waals surface area (Å²) in [6, 6.07) is -0.228. The highest BCUT2D eigenvalue weighted by molar-refractivity contribution is 8.22. The third-order valence-electron chi connectivity index (χ3n) is 2.32. The van der Waals surface area contributed by atoms with Crippen LogP contribution in [0.1, 0.15) is 19.8 Å². The van der Waals surface area contributed by atoms with Crippen LogP contribution in [0.5, 0.6) is 0 Å². The standard InChI is InChI=1S/C9H16ClNO2S3/c1-2-3-4-15-9(14)11-8-6-16(12,13)5-7(8)10/h7-8H,2-6H2,1H3,(H,11,14)/t7-,8-/m1/s1. The summed E-state index contributed by atoms with van der Waals surface area (Å²) >= 11 is 12.6. The van der Waals surface area contributed by atoms with E-state index in [0.29, 0.717) is 4.32 Å². The van der Waals surface area contributed by atoms with E-state index in [4.69, 9.17) is 23.8 Å². The van der Waals surface area contributed by atoms with Crippen molar-refractivity contribution in [2.24, 2.45) is 0 Å². The number of hydrogen-bond acceptors (Lipinski definition) is 4. The third-order valence-corrected chi connectivity index (χ3v) is 6.04. The van der Waals surface area contributed by atoms with E-state index in [0.717, 1.165) is 18.6 Å². The number of thiocarbonyl (C=S) groups is 1. The lowest BCUT2D eigenvalue weighted by Crippen LogP contribution is -2.38. The summed E-state index contributed by atoms with van der Waals surface area (Å²) in [6.45, 7) is 2.12. The van der Waals surface area contributed by atoms with E-state index in [1.165, 1.54) is 0 Å². The van der Waals surface area contributed by atoms with Gasteiger partial charge in [-0.3, -0.25) is 0 Å². The van der Waals surface area contributed by atoms with Crippen LogP contribution in [0.2, 0.25) is 0 Å². The Labute approximate surface area is 112 Å². The number of sulfone groups is 1. The molecule has 1 fully saturated rings. The maximum Gasteiger partial charge on any atom is 0.153 e. The Morgan fingerprint density at radius 3 is 2.75 bits per heavy atom. The van der Waals surface area contributed by atoms with Crippen LogP contribution in [0.15, 0.2) is 0 Å². The largest absolute Gasteiger partial charge is 0.366 e. The lowest BCUT2D eigenvalue weighted by Gasteiger charge is -2.15. The summed E-state index contributed by atoms with van der Waals surface area (Å²) in [4.78, 5) is 0. The minimum absolute atomic E-state index is 0.0501. The average molecular weight is 302 g/mol. The summed E-state index contributed by atoms with van der Waals surface area (Å²) in [5.74, 6) is 1.11. The minimum atomic E-state index is -2.98. The molecule has 0 bridgehead atoms. The van der Waals surface area contributed by atoms with Crippen molar-refractivity contribution in [1.29, 1.82) is 0 Å². The first kappa shape index (κ1) is 14.5. The first-order valence-corrected chi connectivity index (χ1v) is 8.87. The van der Waals surface area contributed by atoms with Gasteiger partial charge in [-0.1, -0.05) is 37.3 Å². The van der Waals surface area contributed by atoms with E-state index < -0.39 is 9.84 Å². The fourth-order valence-electron chi connectivity index (χ4n) is 1.44. The molecule has 1 saturated heterocycles. The zero-order valence-corrected chi connectivity index (χ0v) is 12.3. The molecule has 1 rings (SSSR count). The lowest BCUT2D eigenvalue weighted by molar-refractivity contribution is 0.600.